The Morgan fingerprint density at radius 1 is 1.29 bits per heavy atom. The van der Waals surface area contributed by atoms with Gasteiger partial charge >= 0.3 is 0 Å². The first-order chi connectivity index (χ1) is 7.95. The number of aliphatic hydroxyl groups is 1. The maximum Gasteiger partial charge on any atom is 0.178 e. The van der Waals surface area contributed by atoms with E-state index in [-0.39, 0.29) is 11.8 Å². The van der Waals surface area contributed by atoms with Crippen molar-refractivity contribution in [2.75, 3.05) is 5.75 Å². The third-order valence-electron chi connectivity index (χ3n) is 3.21. The van der Waals surface area contributed by atoms with Crippen molar-refractivity contribution < 1.29 is 13.5 Å². The SMILES string of the molecule is CCC(CS(=O)(=O)C(C)O)N=C1CCCCC1. The van der Waals surface area contributed by atoms with Crippen molar-refractivity contribution in [2.24, 2.45) is 4.99 Å². The van der Waals surface area contributed by atoms with E-state index >= 15 is 0 Å². The number of sulfone groups is 1. The summed E-state index contributed by atoms with van der Waals surface area (Å²) in [7, 11) is -3.41. The molecule has 100 valence electrons. The van der Waals surface area contributed by atoms with Crippen LogP contribution >= 0.6 is 0 Å². The van der Waals surface area contributed by atoms with Crippen LogP contribution in [0.2, 0.25) is 0 Å². The van der Waals surface area contributed by atoms with Gasteiger partial charge in [-0.1, -0.05) is 13.3 Å². The Morgan fingerprint density at radius 3 is 2.35 bits per heavy atom. The molecule has 2 atom stereocenters. The smallest absolute Gasteiger partial charge is 0.178 e. The molecule has 1 N–H and O–H groups in total. The number of hydrogen-bond acceptors (Lipinski definition) is 4. The quantitative estimate of drug-likeness (QED) is 0.822. The Balaban J connectivity index is 2.65. The zero-order valence-corrected chi connectivity index (χ0v) is 11.5. The molecule has 0 aromatic heterocycles. The van der Waals surface area contributed by atoms with Crippen LogP contribution in [-0.4, -0.2) is 36.5 Å². The summed E-state index contributed by atoms with van der Waals surface area (Å²) in [6.45, 7) is 3.24. The van der Waals surface area contributed by atoms with Crippen LogP contribution in [0, 0.1) is 0 Å². The zero-order chi connectivity index (χ0) is 12.9. The van der Waals surface area contributed by atoms with Crippen LogP contribution in [0.4, 0.5) is 0 Å². The lowest BCUT2D eigenvalue weighted by Crippen LogP contribution is -2.28. The van der Waals surface area contributed by atoms with Gasteiger partial charge < -0.3 is 5.11 Å². The van der Waals surface area contributed by atoms with Gasteiger partial charge in [0.25, 0.3) is 0 Å². The van der Waals surface area contributed by atoms with Gasteiger partial charge in [-0.2, -0.15) is 0 Å². The third-order valence-corrected chi connectivity index (χ3v) is 5.10. The lowest BCUT2D eigenvalue weighted by molar-refractivity contribution is 0.268. The van der Waals surface area contributed by atoms with Gasteiger partial charge in [-0.25, -0.2) is 8.42 Å². The van der Waals surface area contributed by atoms with Crippen LogP contribution in [0.5, 0.6) is 0 Å². The summed E-state index contributed by atoms with van der Waals surface area (Å²) < 4.78 is 23.2. The zero-order valence-electron chi connectivity index (χ0n) is 10.7. The Labute approximate surface area is 104 Å². The van der Waals surface area contributed by atoms with Crippen molar-refractivity contribution in [3.05, 3.63) is 0 Å². The van der Waals surface area contributed by atoms with E-state index in [1.54, 1.807) is 0 Å². The fraction of sp³-hybridized carbons (Fsp3) is 0.917. The predicted octanol–water partition coefficient (Wildman–Crippen LogP) is 1.92. The highest BCUT2D eigenvalue weighted by Gasteiger charge is 2.23. The third kappa shape index (κ3) is 4.76. The standard InChI is InChI=1S/C12H23NO3S/c1-3-11(9-17(15,16)10(2)14)13-12-7-5-4-6-8-12/h10-11,14H,3-9H2,1-2H3. The summed E-state index contributed by atoms with van der Waals surface area (Å²) in [6, 6.07) is -0.192. The van der Waals surface area contributed by atoms with Crippen molar-refractivity contribution in [3.8, 4) is 0 Å². The number of aliphatic imine (C=N–C) groups is 1. The molecule has 4 nitrogen and oxygen atoms in total. The molecule has 1 rings (SSSR count). The maximum absolute atomic E-state index is 11.6. The maximum atomic E-state index is 11.6. The van der Waals surface area contributed by atoms with Crippen molar-refractivity contribution in [2.45, 2.75) is 63.9 Å². The normalized spacial score (nSPS) is 21.0. The van der Waals surface area contributed by atoms with Gasteiger partial charge in [0.05, 0.1) is 11.8 Å². The molecule has 0 bridgehead atoms. The van der Waals surface area contributed by atoms with Crippen LogP contribution in [-0.2, 0) is 9.84 Å². The van der Waals surface area contributed by atoms with Gasteiger partial charge in [-0.05, 0) is 39.0 Å². The van der Waals surface area contributed by atoms with Gasteiger partial charge in [-0.3, -0.25) is 4.99 Å². The van der Waals surface area contributed by atoms with E-state index in [1.165, 1.54) is 26.2 Å². The summed E-state index contributed by atoms with van der Waals surface area (Å²) in [4.78, 5) is 4.55. The second-order valence-corrected chi connectivity index (χ2v) is 7.09. The van der Waals surface area contributed by atoms with Gasteiger partial charge in [0.1, 0.15) is 0 Å². The largest absolute Gasteiger partial charge is 0.377 e. The number of nitrogens with zero attached hydrogens (tertiary/aromatic N) is 1. The molecule has 0 heterocycles. The van der Waals surface area contributed by atoms with Gasteiger partial charge in [0, 0.05) is 5.71 Å². The molecular formula is C12H23NO3S. The monoisotopic (exact) mass is 261 g/mol. The minimum Gasteiger partial charge on any atom is -0.377 e. The minimum atomic E-state index is -3.41. The predicted molar refractivity (Wildman–Crippen MR) is 70.1 cm³/mol. The Kier molecular flexibility index (Phi) is 5.59. The number of rotatable bonds is 5. The molecule has 17 heavy (non-hydrogen) atoms. The Hall–Kier alpha value is -0.420. The minimum absolute atomic E-state index is 0.0370. The first-order valence-electron chi connectivity index (χ1n) is 6.41. The molecule has 0 aromatic carbocycles. The van der Waals surface area contributed by atoms with Gasteiger partial charge in [0.2, 0.25) is 0 Å². The van der Waals surface area contributed by atoms with Crippen molar-refractivity contribution in [1.82, 2.24) is 0 Å². The first kappa shape index (κ1) is 14.6. The second kappa shape index (κ2) is 6.50. The van der Waals surface area contributed by atoms with E-state index in [1.807, 2.05) is 6.92 Å². The molecule has 1 aliphatic carbocycles. The highest BCUT2D eigenvalue weighted by molar-refractivity contribution is 7.91. The average molecular weight is 261 g/mol. The number of hydrogen-bond donors (Lipinski definition) is 1. The summed E-state index contributed by atoms with van der Waals surface area (Å²) >= 11 is 0. The Morgan fingerprint density at radius 2 is 1.88 bits per heavy atom. The van der Waals surface area contributed by atoms with Crippen molar-refractivity contribution in [3.63, 3.8) is 0 Å². The summed E-state index contributed by atoms with van der Waals surface area (Å²) in [5.41, 5.74) is -0.132. The highest BCUT2D eigenvalue weighted by Crippen LogP contribution is 2.17. The van der Waals surface area contributed by atoms with Crippen LogP contribution in [0.3, 0.4) is 0 Å². The van der Waals surface area contributed by atoms with Gasteiger partial charge in [0.15, 0.2) is 15.3 Å². The number of aliphatic hydroxyl groups excluding tert-OH is 1. The molecule has 5 heteroatoms. The molecule has 1 saturated carbocycles. The molecule has 1 fully saturated rings. The van der Waals surface area contributed by atoms with Crippen LogP contribution < -0.4 is 0 Å². The molecule has 0 amide bonds. The van der Waals surface area contributed by atoms with Crippen molar-refractivity contribution in [1.29, 1.82) is 0 Å². The summed E-state index contributed by atoms with van der Waals surface area (Å²) in [6.07, 6.45) is 6.30. The molecule has 0 saturated heterocycles. The van der Waals surface area contributed by atoms with E-state index < -0.39 is 15.3 Å². The highest BCUT2D eigenvalue weighted by atomic mass is 32.2. The van der Waals surface area contributed by atoms with Crippen LogP contribution in [0.1, 0.15) is 52.4 Å². The molecule has 1 aliphatic rings. The molecular weight excluding hydrogens is 238 g/mol. The lowest BCUT2D eigenvalue weighted by Gasteiger charge is -2.17. The van der Waals surface area contributed by atoms with Gasteiger partial charge in [-0.15, -0.1) is 0 Å². The molecule has 0 aromatic rings. The molecule has 2 unspecified atom stereocenters. The van der Waals surface area contributed by atoms with Crippen molar-refractivity contribution >= 4 is 15.5 Å². The topological polar surface area (TPSA) is 66.7 Å². The van der Waals surface area contributed by atoms with E-state index in [0.29, 0.717) is 6.42 Å². The fourth-order valence-corrected chi connectivity index (χ4v) is 3.13. The van der Waals surface area contributed by atoms with Crippen LogP contribution in [0.15, 0.2) is 4.99 Å². The first-order valence-corrected chi connectivity index (χ1v) is 8.12. The molecule has 0 spiro atoms. The van der Waals surface area contributed by atoms with Crippen LogP contribution in [0.25, 0.3) is 0 Å². The fourth-order valence-electron chi connectivity index (χ4n) is 2.00. The van der Waals surface area contributed by atoms with E-state index in [0.717, 1.165) is 18.6 Å². The van der Waals surface area contributed by atoms with E-state index in [4.69, 9.17) is 0 Å². The Bertz CT molecular complexity index is 352. The molecule has 0 radical (unpaired) electrons. The summed E-state index contributed by atoms with van der Waals surface area (Å²) in [5, 5.41) is 9.19. The van der Waals surface area contributed by atoms with E-state index in [9.17, 15) is 13.5 Å². The lowest BCUT2D eigenvalue weighted by atomic mass is 9.98. The second-order valence-electron chi connectivity index (χ2n) is 4.75. The summed E-state index contributed by atoms with van der Waals surface area (Å²) in [5.74, 6) is -0.0370. The molecule has 0 aliphatic heterocycles. The average Bonchev–Trinajstić information content (AvgIpc) is 2.29. The van der Waals surface area contributed by atoms with E-state index in [2.05, 4.69) is 4.99 Å².